The molecule has 0 atom stereocenters. The van der Waals surface area contributed by atoms with E-state index < -0.39 is 0 Å². The van der Waals surface area contributed by atoms with Crippen LogP contribution in [0.1, 0.15) is 50.4 Å². The van der Waals surface area contributed by atoms with E-state index in [9.17, 15) is 14.0 Å². The molecule has 5 rings (SSSR count). The second-order valence-corrected chi connectivity index (χ2v) is 10.8. The molecule has 0 spiro atoms. The maximum Gasteiger partial charge on any atom is 0.273 e. The van der Waals surface area contributed by atoms with E-state index in [1.165, 1.54) is 41.2 Å². The molecule has 0 saturated heterocycles. The fourth-order valence-electron chi connectivity index (χ4n) is 5.28. The first-order valence-corrected chi connectivity index (χ1v) is 14.5. The molecule has 1 aromatic heterocycles. The Morgan fingerprint density at radius 1 is 0.875 bits per heavy atom. The lowest BCUT2D eigenvalue weighted by Gasteiger charge is -2.32. The van der Waals surface area contributed by atoms with Crippen LogP contribution in [0, 0.1) is 12.7 Å². The Kier molecular flexibility index (Phi) is 8.98. The van der Waals surface area contributed by atoms with E-state index in [-0.39, 0.29) is 17.6 Å². The van der Waals surface area contributed by atoms with Gasteiger partial charge in [-0.05, 0) is 60.7 Å². The Hall–Kier alpha value is -3.88. The first-order valence-electron chi connectivity index (χ1n) is 13.6. The van der Waals surface area contributed by atoms with Gasteiger partial charge in [-0.3, -0.25) is 14.5 Å². The van der Waals surface area contributed by atoms with Gasteiger partial charge in [0.15, 0.2) is 0 Å². The predicted molar refractivity (Wildman–Crippen MR) is 157 cm³/mol. The molecule has 4 aromatic rings. The van der Waals surface area contributed by atoms with Gasteiger partial charge in [0.25, 0.3) is 11.8 Å². The lowest BCUT2D eigenvalue weighted by atomic mass is 10.0. The molecule has 0 N–H and O–H groups in total. The molecule has 8 heteroatoms. The minimum atomic E-state index is -0.380. The summed E-state index contributed by atoms with van der Waals surface area (Å²) in [5.41, 5.74) is 6.43. The summed E-state index contributed by atoms with van der Waals surface area (Å²) in [4.78, 5) is 37.8. The summed E-state index contributed by atoms with van der Waals surface area (Å²) < 4.78 is 13.7. The van der Waals surface area contributed by atoms with Crippen LogP contribution in [-0.2, 0) is 13.1 Å². The highest BCUT2D eigenvalue weighted by atomic mass is 32.1. The highest BCUT2D eigenvalue weighted by Gasteiger charge is 2.26. The van der Waals surface area contributed by atoms with E-state index in [4.69, 9.17) is 0 Å². The zero-order valence-corrected chi connectivity index (χ0v) is 23.4. The fraction of sp³-hybridized carbons (Fsp3) is 0.281. The summed E-state index contributed by atoms with van der Waals surface area (Å²) in [6.07, 6.45) is 1.59. The quantitative estimate of drug-likeness (QED) is 0.301. The first kappa shape index (κ1) is 27.7. The Morgan fingerprint density at radius 2 is 1.62 bits per heavy atom. The van der Waals surface area contributed by atoms with Crippen LogP contribution in [0.15, 0.2) is 83.7 Å². The minimum absolute atomic E-state index is 0.114. The van der Waals surface area contributed by atoms with E-state index in [0.29, 0.717) is 30.9 Å². The number of thiazole rings is 1. The van der Waals surface area contributed by atoms with Gasteiger partial charge in [0.05, 0.1) is 11.2 Å². The zero-order valence-electron chi connectivity index (χ0n) is 22.6. The summed E-state index contributed by atoms with van der Waals surface area (Å²) in [5, 5.41) is 1.78. The summed E-state index contributed by atoms with van der Waals surface area (Å²) >= 11 is 1.40. The Morgan fingerprint density at radius 3 is 2.35 bits per heavy atom. The van der Waals surface area contributed by atoms with Crippen LogP contribution in [0.2, 0.25) is 0 Å². The third-order valence-electron chi connectivity index (χ3n) is 7.23. The Balaban J connectivity index is 1.51. The van der Waals surface area contributed by atoms with Crippen molar-refractivity contribution in [3.63, 3.8) is 0 Å². The second kappa shape index (κ2) is 13.0. The summed E-state index contributed by atoms with van der Waals surface area (Å²) in [5.74, 6) is -0.675. The average molecular weight is 557 g/mol. The normalized spacial score (nSPS) is 15.2. The van der Waals surface area contributed by atoms with E-state index >= 15 is 0 Å². The molecule has 0 saturated carbocycles. The molecule has 1 aliphatic rings. The van der Waals surface area contributed by atoms with Crippen LogP contribution >= 0.6 is 11.3 Å². The molecule has 0 aliphatic carbocycles. The molecule has 3 aromatic carbocycles. The number of fused-ring (bicyclic) bond motifs is 1. The second-order valence-electron chi connectivity index (χ2n) is 10.1. The average Bonchev–Trinajstić information content (AvgIpc) is 3.50. The van der Waals surface area contributed by atoms with Crippen molar-refractivity contribution >= 4 is 28.8 Å². The molecule has 2 amide bonds. The first-order chi connectivity index (χ1) is 19.5. The minimum Gasteiger partial charge on any atom is -0.333 e. The number of hydrogen-bond acceptors (Lipinski definition) is 5. The number of carbonyl (C=O) groups is 2. The van der Waals surface area contributed by atoms with Gasteiger partial charge in [-0.15, -0.1) is 11.3 Å². The molecule has 2 heterocycles. The maximum atomic E-state index is 13.9. The highest BCUT2D eigenvalue weighted by Crippen LogP contribution is 2.29. The van der Waals surface area contributed by atoms with Crippen molar-refractivity contribution in [3.8, 4) is 0 Å². The van der Waals surface area contributed by atoms with E-state index in [2.05, 4.69) is 22.0 Å². The number of amides is 2. The zero-order chi connectivity index (χ0) is 27.9. The molecular weight excluding hydrogens is 523 g/mol. The maximum absolute atomic E-state index is 13.9. The lowest BCUT2D eigenvalue weighted by Crippen LogP contribution is -2.39. The van der Waals surface area contributed by atoms with Crippen molar-refractivity contribution in [3.05, 3.63) is 117 Å². The van der Waals surface area contributed by atoms with Gasteiger partial charge >= 0.3 is 0 Å². The number of hydrogen-bond donors (Lipinski definition) is 0. The molecule has 206 valence electrons. The number of halogens is 1. The van der Waals surface area contributed by atoms with Crippen molar-refractivity contribution < 1.29 is 14.0 Å². The monoisotopic (exact) mass is 556 g/mol. The SMILES string of the molecule is Cc1cccc2c1N(C(=O)c1ccc(F)cc1)CCCN(Cc1ccccc1)CCCN(C(=O)c1cscn1)C2. The van der Waals surface area contributed by atoms with Crippen LogP contribution in [0.5, 0.6) is 0 Å². The van der Waals surface area contributed by atoms with E-state index in [0.717, 1.165) is 49.3 Å². The van der Waals surface area contributed by atoms with E-state index in [1.54, 1.807) is 10.9 Å². The van der Waals surface area contributed by atoms with Crippen molar-refractivity contribution in [2.24, 2.45) is 0 Å². The van der Waals surface area contributed by atoms with Crippen LogP contribution in [0.3, 0.4) is 0 Å². The number of nitrogens with zero attached hydrogens (tertiary/aromatic N) is 4. The fourth-order valence-corrected chi connectivity index (χ4v) is 5.81. The van der Waals surface area contributed by atoms with Crippen LogP contribution in [-0.4, -0.2) is 52.8 Å². The van der Waals surface area contributed by atoms with Crippen molar-refractivity contribution in [2.75, 3.05) is 31.1 Å². The molecule has 1 aliphatic heterocycles. The number of aromatic nitrogens is 1. The number of benzene rings is 3. The molecule has 0 bridgehead atoms. The molecular formula is C32H33FN4O2S. The van der Waals surface area contributed by atoms with Crippen LogP contribution in [0.4, 0.5) is 10.1 Å². The molecule has 0 radical (unpaired) electrons. The summed E-state index contributed by atoms with van der Waals surface area (Å²) in [7, 11) is 0. The third-order valence-corrected chi connectivity index (χ3v) is 7.82. The van der Waals surface area contributed by atoms with Gasteiger partial charge in [0, 0.05) is 50.2 Å². The predicted octanol–water partition coefficient (Wildman–Crippen LogP) is 6.18. The van der Waals surface area contributed by atoms with Gasteiger partial charge in [-0.1, -0.05) is 48.5 Å². The largest absolute Gasteiger partial charge is 0.333 e. The molecule has 0 unspecified atom stereocenters. The number of aryl methyl sites for hydroxylation is 1. The van der Waals surface area contributed by atoms with E-state index in [1.807, 2.05) is 53.1 Å². The molecule has 0 fully saturated rings. The van der Waals surface area contributed by atoms with Gasteiger partial charge < -0.3 is 9.80 Å². The summed E-state index contributed by atoms with van der Waals surface area (Å²) in [6, 6.07) is 22.0. The smallest absolute Gasteiger partial charge is 0.273 e. The lowest BCUT2D eigenvalue weighted by molar-refractivity contribution is 0.0728. The van der Waals surface area contributed by atoms with Gasteiger partial charge in [-0.25, -0.2) is 9.37 Å². The van der Waals surface area contributed by atoms with Crippen molar-refractivity contribution in [1.29, 1.82) is 0 Å². The third kappa shape index (κ3) is 6.63. The van der Waals surface area contributed by atoms with Gasteiger partial charge in [0.2, 0.25) is 0 Å². The number of anilines is 1. The van der Waals surface area contributed by atoms with Crippen molar-refractivity contribution in [2.45, 2.75) is 32.9 Å². The molecule has 6 nitrogen and oxygen atoms in total. The van der Waals surface area contributed by atoms with Gasteiger partial charge in [-0.2, -0.15) is 0 Å². The standard InChI is InChI=1S/C32H33FN4O2S/c1-24-8-5-11-27-21-36(32(39)29-22-40-23-34-29)18-6-16-35(20-25-9-3-2-4-10-25)17-7-19-37(30(24)27)31(38)26-12-14-28(33)15-13-26/h2-5,8-15,22-23H,6-7,16-21H2,1H3. The van der Waals surface area contributed by atoms with Gasteiger partial charge in [0.1, 0.15) is 11.5 Å². The Labute approximate surface area is 238 Å². The molecule has 40 heavy (non-hydrogen) atoms. The highest BCUT2D eigenvalue weighted by molar-refractivity contribution is 7.07. The number of rotatable bonds is 4. The van der Waals surface area contributed by atoms with Crippen LogP contribution in [0.25, 0.3) is 0 Å². The number of carbonyl (C=O) groups excluding carboxylic acids is 2. The topological polar surface area (TPSA) is 56.8 Å². The van der Waals surface area contributed by atoms with Crippen molar-refractivity contribution in [1.82, 2.24) is 14.8 Å². The van der Waals surface area contributed by atoms with Crippen LogP contribution < -0.4 is 4.90 Å². The number of para-hydroxylation sites is 1. The summed E-state index contributed by atoms with van der Waals surface area (Å²) in [6.45, 7) is 5.83. The Bertz CT molecular complexity index is 1430.